The number of nitrogens with one attached hydrogen (secondary N) is 2. The normalized spacial score (nSPS) is 15.4. The Morgan fingerprint density at radius 3 is 2.50 bits per heavy atom. The van der Waals surface area contributed by atoms with E-state index in [0.717, 1.165) is 17.7 Å². The Kier molecular flexibility index (Phi) is 6.47. The minimum atomic E-state index is 0.0894. The van der Waals surface area contributed by atoms with Crippen LogP contribution in [0.15, 0.2) is 41.4 Å². The van der Waals surface area contributed by atoms with Gasteiger partial charge < -0.3 is 29.6 Å². The zero-order chi connectivity index (χ0) is 19.9. The monoisotopic (exact) mass is 385 g/mol. The first kappa shape index (κ1) is 19.7. The second-order valence-electron chi connectivity index (χ2n) is 6.35. The van der Waals surface area contributed by atoms with E-state index in [1.54, 1.807) is 28.4 Å². The SMILES string of the molecule is CN=C(NCc1ccc(OC)c(OC)c1OC)NCC1Cc2ccccc2O1. The van der Waals surface area contributed by atoms with E-state index in [1.165, 1.54) is 5.56 Å². The average Bonchev–Trinajstić information content (AvgIpc) is 3.16. The lowest BCUT2D eigenvalue weighted by Crippen LogP contribution is -2.42. The van der Waals surface area contributed by atoms with Gasteiger partial charge in [0, 0.05) is 25.6 Å². The Hall–Kier alpha value is -3.09. The zero-order valence-corrected chi connectivity index (χ0v) is 16.7. The van der Waals surface area contributed by atoms with Crippen LogP contribution in [0.5, 0.6) is 23.0 Å². The van der Waals surface area contributed by atoms with Gasteiger partial charge in [-0.05, 0) is 23.8 Å². The zero-order valence-electron chi connectivity index (χ0n) is 16.7. The van der Waals surface area contributed by atoms with Gasteiger partial charge in [0.2, 0.25) is 5.75 Å². The number of methoxy groups -OCH3 is 3. The molecule has 3 rings (SSSR count). The van der Waals surface area contributed by atoms with Crippen LogP contribution in [-0.4, -0.2) is 47.0 Å². The second kappa shape index (κ2) is 9.21. The lowest BCUT2D eigenvalue weighted by molar-refractivity contribution is 0.235. The summed E-state index contributed by atoms with van der Waals surface area (Å²) in [5, 5.41) is 6.62. The van der Waals surface area contributed by atoms with E-state index in [-0.39, 0.29) is 6.10 Å². The van der Waals surface area contributed by atoms with Crippen molar-refractivity contribution in [3.8, 4) is 23.0 Å². The first-order valence-electron chi connectivity index (χ1n) is 9.17. The highest BCUT2D eigenvalue weighted by Crippen LogP contribution is 2.39. The van der Waals surface area contributed by atoms with Gasteiger partial charge in [-0.1, -0.05) is 18.2 Å². The molecule has 0 aromatic heterocycles. The summed E-state index contributed by atoms with van der Waals surface area (Å²) in [7, 11) is 6.55. The van der Waals surface area contributed by atoms with Crippen LogP contribution in [0.1, 0.15) is 11.1 Å². The van der Waals surface area contributed by atoms with E-state index < -0.39 is 0 Å². The van der Waals surface area contributed by atoms with E-state index in [0.29, 0.717) is 36.3 Å². The van der Waals surface area contributed by atoms with Crippen LogP contribution in [0, 0.1) is 0 Å². The standard InChI is InChI=1S/C21H27N3O4/c1-22-21(24-13-16-11-14-7-5-6-8-17(14)28-16)23-12-15-9-10-18(25-2)20(27-4)19(15)26-3/h5-10,16H,11-13H2,1-4H3,(H2,22,23,24). The topological polar surface area (TPSA) is 73.3 Å². The number of ether oxygens (including phenoxy) is 4. The third kappa shape index (κ3) is 4.24. The van der Waals surface area contributed by atoms with Gasteiger partial charge in [-0.15, -0.1) is 0 Å². The van der Waals surface area contributed by atoms with E-state index in [9.17, 15) is 0 Å². The van der Waals surface area contributed by atoms with Crippen molar-refractivity contribution in [1.82, 2.24) is 10.6 Å². The van der Waals surface area contributed by atoms with Gasteiger partial charge in [0.25, 0.3) is 0 Å². The summed E-state index contributed by atoms with van der Waals surface area (Å²) in [4.78, 5) is 4.29. The molecule has 1 aliphatic rings. The van der Waals surface area contributed by atoms with Crippen molar-refractivity contribution in [3.05, 3.63) is 47.5 Å². The van der Waals surface area contributed by atoms with Crippen LogP contribution in [0.2, 0.25) is 0 Å². The molecule has 0 saturated heterocycles. The molecular formula is C21H27N3O4. The lowest BCUT2D eigenvalue weighted by atomic mass is 10.1. The van der Waals surface area contributed by atoms with Crippen molar-refractivity contribution in [2.24, 2.45) is 4.99 Å². The molecule has 1 unspecified atom stereocenters. The summed E-state index contributed by atoms with van der Waals surface area (Å²) in [5.41, 5.74) is 2.18. The maximum atomic E-state index is 5.96. The predicted molar refractivity (Wildman–Crippen MR) is 109 cm³/mol. The van der Waals surface area contributed by atoms with Crippen molar-refractivity contribution >= 4 is 5.96 Å². The van der Waals surface area contributed by atoms with Gasteiger partial charge >= 0.3 is 0 Å². The molecule has 0 aliphatic carbocycles. The highest BCUT2D eigenvalue weighted by molar-refractivity contribution is 5.79. The van der Waals surface area contributed by atoms with Crippen molar-refractivity contribution in [2.75, 3.05) is 34.9 Å². The molecule has 150 valence electrons. The van der Waals surface area contributed by atoms with Gasteiger partial charge in [-0.3, -0.25) is 4.99 Å². The molecule has 1 atom stereocenters. The van der Waals surface area contributed by atoms with Gasteiger partial charge in [0.05, 0.1) is 27.9 Å². The Morgan fingerprint density at radius 1 is 1.04 bits per heavy atom. The van der Waals surface area contributed by atoms with Crippen molar-refractivity contribution in [2.45, 2.75) is 19.1 Å². The molecule has 7 nitrogen and oxygen atoms in total. The molecule has 2 N–H and O–H groups in total. The van der Waals surface area contributed by atoms with Gasteiger partial charge in [-0.2, -0.15) is 0 Å². The van der Waals surface area contributed by atoms with Crippen LogP contribution >= 0.6 is 0 Å². The first-order chi connectivity index (χ1) is 13.7. The highest BCUT2D eigenvalue weighted by atomic mass is 16.5. The second-order valence-corrected chi connectivity index (χ2v) is 6.35. The predicted octanol–water partition coefficient (Wildman–Crippen LogP) is 2.38. The van der Waals surface area contributed by atoms with Crippen molar-refractivity contribution in [1.29, 1.82) is 0 Å². The number of nitrogens with zero attached hydrogens (tertiary/aromatic N) is 1. The fourth-order valence-electron chi connectivity index (χ4n) is 3.28. The molecule has 0 fully saturated rings. The molecule has 0 saturated carbocycles. The number of aliphatic imine (C=N–C) groups is 1. The van der Waals surface area contributed by atoms with Crippen LogP contribution in [0.4, 0.5) is 0 Å². The maximum Gasteiger partial charge on any atom is 0.203 e. The highest BCUT2D eigenvalue weighted by Gasteiger charge is 2.22. The third-order valence-electron chi connectivity index (χ3n) is 4.67. The minimum Gasteiger partial charge on any atom is -0.493 e. The molecule has 0 amide bonds. The number of para-hydroxylation sites is 1. The van der Waals surface area contributed by atoms with Gasteiger partial charge in [-0.25, -0.2) is 0 Å². The number of hydrogen-bond acceptors (Lipinski definition) is 5. The Morgan fingerprint density at radius 2 is 1.82 bits per heavy atom. The fourth-order valence-corrected chi connectivity index (χ4v) is 3.28. The number of benzene rings is 2. The van der Waals surface area contributed by atoms with E-state index in [2.05, 4.69) is 21.7 Å². The first-order valence-corrected chi connectivity index (χ1v) is 9.17. The van der Waals surface area contributed by atoms with E-state index in [1.807, 2.05) is 30.3 Å². The molecule has 7 heteroatoms. The quantitative estimate of drug-likeness (QED) is 0.563. The lowest BCUT2D eigenvalue weighted by Gasteiger charge is -2.18. The van der Waals surface area contributed by atoms with Crippen LogP contribution < -0.4 is 29.6 Å². The van der Waals surface area contributed by atoms with Crippen molar-refractivity contribution in [3.63, 3.8) is 0 Å². The summed E-state index contributed by atoms with van der Waals surface area (Å²) in [6, 6.07) is 11.9. The van der Waals surface area contributed by atoms with Gasteiger partial charge in [0.15, 0.2) is 17.5 Å². The summed E-state index contributed by atoms with van der Waals surface area (Å²) < 4.78 is 22.3. The Bertz CT molecular complexity index is 813. The van der Waals surface area contributed by atoms with Crippen LogP contribution in [0.3, 0.4) is 0 Å². The van der Waals surface area contributed by atoms with E-state index >= 15 is 0 Å². The number of hydrogen-bond donors (Lipinski definition) is 2. The molecule has 2 aromatic rings. The Balaban J connectivity index is 1.58. The molecule has 28 heavy (non-hydrogen) atoms. The summed E-state index contributed by atoms with van der Waals surface area (Å²) in [6.07, 6.45) is 0.982. The summed E-state index contributed by atoms with van der Waals surface area (Å²) in [6.45, 7) is 1.19. The minimum absolute atomic E-state index is 0.0894. The van der Waals surface area contributed by atoms with E-state index in [4.69, 9.17) is 18.9 Å². The molecule has 0 radical (unpaired) electrons. The molecule has 1 heterocycles. The van der Waals surface area contributed by atoms with Gasteiger partial charge in [0.1, 0.15) is 11.9 Å². The number of rotatable bonds is 7. The number of fused-ring (bicyclic) bond motifs is 1. The molecule has 0 bridgehead atoms. The summed E-state index contributed by atoms with van der Waals surface area (Å²) >= 11 is 0. The number of guanidine groups is 1. The fraction of sp³-hybridized carbons (Fsp3) is 0.381. The van der Waals surface area contributed by atoms with Crippen molar-refractivity contribution < 1.29 is 18.9 Å². The largest absolute Gasteiger partial charge is 0.493 e. The molecule has 1 aliphatic heterocycles. The maximum absolute atomic E-state index is 5.96. The smallest absolute Gasteiger partial charge is 0.203 e. The van der Waals surface area contributed by atoms with Crippen LogP contribution in [-0.2, 0) is 13.0 Å². The Labute approximate surface area is 165 Å². The average molecular weight is 385 g/mol. The van der Waals surface area contributed by atoms with Crippen LogP contribution in [0.25, 0.3) is 0 Å². The molecular weight excluding hydrogens is 358 g/mol. The molecule has 0 spiro atoms. The third-order valence-corrected chi connectivity index (χ3v) is 4.67. The molecule has 2 aromatic carbocycles. The summed E-state index contributed by atoms with van der Waals surface area (Å²) in [5.74, 6) is 3.50.